The molecule has 0 amide bonds. The number of hydrogen-bond acceptors (Lipinski definition) is 2. The molecule has 2 aromatic carbocycles. The van der Waals surface area contributed by atoms with Gasteiger partial charge in [0.1, 0.15) is 0 Å². The molecular formula is C15H15ClO2S. The van der Waals surface area contributed by atoms with E-state index in [-0.39, 0.29) is 5.75 Å². The second-order valence-electron chi connectivity index (χ2n) is 4.64. The minimum Gasteiger partial charge on any atom is -0.224 e. The normalized spacial score (nSPS) is 14.8. The Bertz CT molecular complexity index is 634. The molecular weight excluding hydrogens is 280 g/mol. The Labute approximate surface area is 119 Å². The number of alkyl halides is 1. The summed E-state index contributed by atoms with van der Waals surface area (Å²) < 4.78 is 24.7. The van der Waals surface area contributed by atoms with E-state index in [9.17, 15) is 8.42 Å². The van der Waals surface area contributed by atoms with E-state index in [4.69, 9.17) is 11.6 Å². The highest BCUT2D eigenvalue weighted by Gasteiger charge is 2.31. The molecule has 0 aromatic heterocycles. The van der Waals surface area contributed by atoms with Gasteiger partial charge in [-0.15, -0.1) is 11.6 Å². The topological polar surface area (TPSA) is 34.1 Å². The van der Waals surface area contributed by atoms with Crippen LogP contribution in [0.15, 0.2) is 65.6 Å². The van der Waals surface area contributed by atoms with E-state index >= 15 is 0 Å². The highest BCUT2D eigenvalue weighted by molar-refractivity contribution is 7.91. The lowest BCUT2D eigenvalue weighted by Gasteiger charge is -2.22. The molecule has 0 radical (unpaired) electrons. The summed E-state index contributed by atoms with van der Waals surface area (Å²) in [5.74, 6) is -0.129. The smallest absolute Gasteiger partial charge is 0.180 e. The largest absolute Gasteiger partial charge is 0.224 e. The maximum atomic E-state index is 12.3. The number of hydrogen-bond donors (Lipinski definition) is 0. The molecule has 1 atom stereocenters. The Morgan fingerprint density at radius 1 is 0.947 bits per heavy atom. The average molecular weight is 295 g/mol. The lowest BCUT2D eigenvalue weighted by atomic mass is 10.0. The average Bonchev–Trinajstić information content (AvgIpc) is 2.40. The summed E-state index contributed by atoms with van der Waals surface area (Å²) >= 11 is 6.42. The molecule has 4 heteroatoms. The molecule has 0 spiro atoms. The van der Waals surface area contributed by atoms with Gasteiger partial charge in [0.15, 0.2) is 9.84 Å². The monoisotopic (exact) mass is 294 g/mol. The van der Waals surface area contributed by atoms with Crippen LogP contribution in [-0.4, -0.2) is 14.2 Å². The third kappa shape index (κ3) is 3.37. The Kier molecular flexibility index (Phi) is 3.97. The zero-order valence-electron chi connectivity index (χ0n) is 10.6. The molecule has 1 unspecified atom stereocenters. The summed E-state index contributed by atoms with van der Waals surface area (Å²) in [6.45, 7) is 1.73. The third-order valence-corrected chi connectivity index (χ3v) is 5.40. The second kappa shape index (κ2) is 5.35. The fourth-order valence-corrected chi connectivity index (χ4v) is 4.11. The predicted octanol–water partition coefficient (Wildman–Crippen LogP) is 3.61. The van der Waals surface area contributed by atoms with Gasteiger partial charge in [0, 0.05) is 0 Å². The zero-order valence-corrected chi connectivity index (χ0v) is 12.2. The first-order valence-corrected chi connectivity index (χ1v) is 7.97. The molecule has 0 aliphatic carbocycles. The van der Waals surface area contributed by atoms with Gasteiger partial charge in [-0.3, -0.25) is 0 Å². The summed E-state index contributed by atoms with van der Waals surface area (Å²) in [5.41, 5.74) is 0.802. The fourth-order valence-electron chi connectivity index (χ4n) is 1.94. The molecule has 19 heavy (non-hydrogen) atoms. The Balaban J connectivity index is 2.31. The first-order valence-electron chi connectivity index (χ1n) is 5.94. The van der Waals surface area contributed by atoms with E-state index in [1.54, 1.807) is 37.3 Å². The maximum absolute atomic E-state index is 12.3. The zero-order chi connectivity index (χ0) is 13.9. The molecule has 2 aromatic rings. The summed E-state index contributed by atoms with van der Waals surface area (Å²) in [4.78, 5) is -0.631. The number of benzene rings is 2. The Hall–Kier alpha value is -1.32. The highest BCUT2D eigenvalue weighted by atomic mass is 35.5. The van der Waals surface area contributed by atoms with Crippen molar-refractivity contribution in [3.63, 3.8) is 0 Å². The first kappa shape index (κ1) is 14.1. The van der Waals surface area contributed by atoms with Crippen LogP contribution in [0.2, 0.25) is 0 Å². The van der Waals surface area contributed by atoms with E-state index < -0.39 is 14.7 Å². The van der Waals surface area contributed by atoms with Crippen molar-refractivity contribution in [1.82, 2.24) is 0 Å². The van der Waals surface area contributed by atoms with Gasteiger partial charge in [-0.05, 0) is 24.6 Å². The molecule has 0 N–H and O–H groups in total. The van der Waals surface area contributed by atoms with E-state index in [2.05, 4.69) is 0 Å². The lowest BCUT2D eigenvalue weighted by Crippen LogP contribution is -2.26. The van der Waals surface area contributed by atoms with Gasteiger partial charge < -0.3 is 0 Å². The number of rotatable bonds is 4. The van der Waals surface area contributed by atoms with Gasteiger partial charge in [0.05, 0.1) is 15.5 Å². The van der Waals surface area contributed by atoms with Crippen molar-refractivity contribution in [2.75, 3.05) is 5.75 Å². The molecule has 2 rings (SSSR count). The van der Waals surface area contributed by atoms with E-state index in [0.717, 1.165) is 5.56 Å². The fraction of sp³-hybridized carbons (Fsp3) is 0.200. The quantitative estimate of drug-likeness (QED) is 0.807. The van der Waals surface area contributed by atoms with Crippen LogP contribution in [0.5, 0.6) is 0 Å². The van der Waals surface area contributed by atoms with Crippen molar-refractivity contribution in [3.05, 3.63) is 66.2 Å². The molecule has 0 saturated carbocycles. The van der Waals surface area contributed by atoms with Crippen molar-refractivity contribution in [2.45, 2.75) is 16.7 Å². The van der Waals surface area contributed by atoms with Crippen molar-refractivity contribution >= 4 is 21.4 Å². The molecule has 2 nitrogen and oxygen atoms in total. The van der Waals surface area contributed by atoms with Gasteiger partial charge >= 0.3 is 0 Å². The minimum atomic E-state index is -3.40. The summed E-state index contributed by atoms with van der Waals surface area (Å²) in [6.07, 6.45) is 0. The van der Waals surface area contributed by atoms with Crippen LogP contribution in [-0.2, 0) is 14.7 Å². The Morgan fingerprint density at radius 2 is 1.42 bits per heavy atom. The van der Waals surface area contributed by atoms with Crippen molar-refractivity contribution in [2.24, 2.45) is 0 Å². The van der Waals surface area contributed by atoms with Crippen molar-refractivity contribution in [3.8, 4) is 0 Å². The third-order valence-electron chi connectivity index (χ3n) is 2.94. The molecule has 0 heterocycles. The first-order chi connectivity index (χ1) is 8.92. The lowest BCUT2D eigenvalue weighted by molar-refractivity contribution is 0.585. The van der Waals surface area contributed by atoms with Gasteiger partial charge in [0.25, 0.3) is 0 Å². The number of halogens is 1. The molecule has 0 fully saturated rings. The predicted molar refractivity (Wildman–Crippen MR) is 78.1 cm³/mol. The SMILES string of the molecule is CC(Cl)(CS(=O)(=O)c1ccccc1)c1ccccc1. The van der Waals surface area contributed by atoms with Gasteiger partial charge in [-0.1, -0.05) is 48.5 Å². The van der Waals surface area contributed by atoms with E-state index in [1.807, 2.05) is 30.3 Å². The van der Waals surface area contributed by atoms with Crippen molar-refractivity contribution in [1.29, 1.82) is 0 Å². The van der Waals surface area contributed by atoms with Gasteiger partial charge in [-0.25, -0.2) is 8.42 Å². The molecule has 0 aliphatic heterocycles. The number of sulfone groups is 1. The second-order valence-corrected chi connectivity index (χ2v) is 7.46. The minimum absolute atomic E-state index is 0.129. The summed E-state index contributed by atoms with van der Waals surface area (Å²) in [5, 5.41) is 0. The molecule has 100 valence electrons. The molecule has 0 aliphatic rings. The molecule has 0 bridgehead atoms. The van der Waals surface area contributed by atoms with E-state index in [0.29, 0.717) is 4.90 Å². The molecule has 0 saturated heterocycles. The van der Waals surface area contributed by atoms with E-state index in [1.165, 1.54) is 0 Å². The van der Waals surface area contributed by atoms with Gasteiger partial charge in [0.2, 0.25) is 0 Å². The standard InChI is InChI=1S/C15H15ClO2S/c1-15(16,13-8-4-2-5-9-13)12-19(17,18)14-10-6-3-7-11-14/h2-11H,12H2,1H3. The van der Waals surface area contributed by atoms with Crippen LogP contribution >= 0.6 is 11.6 Å². The van der Waals surface area contributed by atoms with Crippen LogP contribution in [0.25, 0.3) is 0 Å². The van der Waals surface area contributed by atoms with Crippen LogP contribution in [0, 0.1) is 0 Å². The summed E-state index contributed by atoms with van der Waals surface area (Å²) in [6, 6.07) is 17.7. The van der Waals surface area contributed by atoms with Gasteiger partial charge in [-0.2, -0.15) is 0 Å². The summed E-state index contributed by atoms with van der Waals surface area (Å²) in [7, 11) is -3.40. The van der Waals surface area contributed by atoms with Crippen molar-refractivity contribution < 1.29 is 8.42 Å². The van der Waals surface area contributed by atoms with Crippen LogP contribution in [0.3, 0.4) is 0 Å². The highest BCUT2D eigenvalue weighted by Crippen LogP contribution is 2.31. The van der Waals surface area contributed by atoms with Crippen LogP contribution < -0.4 is 0 Å². The Morgan fingerprint density at radius 3 is 1.95 bits per heavy atom. The van der Waals surface area contributed by atoms with Crippen LogP contribution in [0.4, 0.5) is 0 Å². The van der Waals surface area contributed by atoms with Crippen LogP contribution in [0.1, 0.15) is 12.5 Å². The maximum Gasteiger partial charge on any atom is 0.180 e.